The van der Waals surface area contributed by atoms with Crippen LogP contribution in [0.5, 0.6) is 0 Å². The maximum atomic E-state index is 10.1. The van der Waals surface area contributed by atoms with Gasteiger partial charge in [-0.2, -0.15) is 5.26 Å². The highest BCUT2D eigenvalue weighted by Crippen LogP contribution is 1.67. The normalized spacial score (nSPS) is 7.50. The molecule has 0 saturated heterocycles. The highest BCUT2D eigenvalue weighted by molar-refractivity contribution is 5.91. The van der Waals surface area contributed by atoms with Crippen LogP contribution >= 0.6 is 0 Å². The summed E-state index contributed by atoms with van der Waals surface area (Å²) in [4.78, 5) is 10.1. The number of amides is 1. The van der Waals surface area contributed by atoms with Gasteiger partial charge in [0, 0.05) is 6.54 Å². The lowest BCUT2D eigenvalue weighted by Crippen LogP contribution is -2.21. The summed E-state index contributed by atoms with van der Waals surface area (Å²) in [6, 6.07) is 1.45. The Labute approximate surface area is 48.3 Å². The second-order valence-corrected chi connectivity index (χ2v) is 1.37. The van der Waals surface area contributed by atoms with Crippen molar-refractivity contribution in [2.75, 3.05) is 6.54 Å². The average Bonchev–Trinajstić information content (AvgIpc) is 1.83. The fourth-order valence-corrected chi connectivity index (χ4v) is 0.278. The highest BCUT2D eigenvalue weighted by Gasteiger charge is 1.90. The number of hydrogen-bond donors (Lipinski definition) is 1. The van der Waals surface area contributed by atoms with Crippen molar-refractivity contribution in [3.8, 4) is 6.07 Å². The van der Waals surface area contributed by atoms with E-state index in [-0.39, 0.29) is 0 Å². The Morgan fingerprint density at radius 2 is 2.50 bits per heavy atom. The van der Waals surface area contributed by atoms with Crippen molar-refractivity contribution in [3.05, 3.63) is 0 Å². The third kappa shape index (κ3) is 3.16. The number of carbonyl (C=O) groups excluding carboxylic acids is 1. The van der Waals surface area contributed by atoms with Crippen LogP contribution in [0.25, 0.3) is 0 Å². The van der Waals surface area contributed by atoms with E-state index in [4.69, 9.17) is 5.26 Å². The Morgan fingerprint density at radius 3 is 2.88 bits per heavy atom. The zero-order valence-electron chi connectivity index (χ0n) is 4.77. The first-order valence-electron chi connectivity index (χ1n) is 2.49. The number of nitrogens with one attached hydrogen (secondary N) is 1. The summed E-state index contributed by atoms with van der Waals surface area (Å²) >= 11 is 0. The summed E-state index contributed by atoms with van der Waals surface area (Å²) in [5.41, 5.74) is 0. The number of nitrogens with zero attached hydrogens (tertiary/aromatic N) is 1. The number of hydrogen-bond acceptors (Lipinski definition) is 2. The van der Waals surface area contributed by atoms with E-state index in [2.05, 4.69) is 5.32 Å². The molecule has 0 aromatic rings. The molecular formula is C5H8N2O. The molecule has 0 heterocycles. The van der Waals surface area contributed by atoms with Crippen LogP contribution in [0.3, 0.4) is 0 Å². The Morgan fingerprint density at radius 1 is 1.88 bits per heavy atom. The van der Waals surface area contributed by atoms with Gasteiger partial charge in [0.25, 0.3) is 0 Å². The van der Waals surface area contributed by atoms with Crippen molar-refractivity contribution in [1.29, 1.82) is 5.26 Å². The van der Waals surface area contributed by atoms with Crippen molar-refractivity contribution in [3.63, 3.8) is 0 Å². The molecule has 1 amide bonds. The molecule has 0 aromatic heterocycles. The van der Waals surface area contributed by atoms with Crippen LogP contribution in [0.2, 0.25) is 0 Å². The van der Waals surface area contributed by atoms with E-state index < -0.39 is 5.91 Å². The second-order valence-electron chi connectivity index (χ2n) is 1.37. The van der Waals surface area contributed by atoms with Gasteiger partial charge in [-0.15, -0.1) is 0 Å². The molecule has 0 aromatic carbocycles. The standard InChI is InChI=1S/C5H8N2O/c1-2-3-7-5(8)4-6/h2-3H2,1H3,(H,7,8). The first-order valence-corrected chi connectivity index (χ1v) is 2.49. The molecule has 0 rings (SSSR count). The topological polar surface area (TPSA) is 52.9 Å². The maximum absolute atomic E-state index is 10.1. The maximum Gasteiger partial charge on any atom is 0.322 e. The molecule has 8 heavy (non-hydrogen) atoms. The van der Waals surface area contributed by atoms with Gasteiger partial charge in [-0.1, -0.05) is 6.92 Å². The van der Waals surface area contributed by atoms with E-state index in [1.54, 1.807) is 0 Å². The van der Waals surface area contributed by atoms with Crippen LogP contribution in [0.1, 0.15) is 13.3 Å². The quantitative estimate of drug-likeness (QED) is 0.512. The molecule has 0 aliphatic rings. The fraction of sp³-hybridized carbons (Fsp3) is 0.600. The molecule has 0 spiro atoms. The number of carbonyl (C=O) groups is 1. The summed E-state index contributed by atoms with van der Waals surface area (Å²) in [5.74, 6) is -0.549. The van der Waals surface area contributed by atoms with E-state index in [1.165, 1.54) is 6.07 Å². The van der Waals surface area contributed by atoms with E-state index in [1.807, 2.05) is 6.92 Å². The van der Waals surface area contributed by atoms with Gasteiger partial charge in [0.05, 0.1) is 0 Å². The highest BCUT2D eigenvalue weighted by atomic mass is 16.1. The molecule has 0 fully saturated rings. The van der Waals surface area contributed by atoms with Gasteiger partial charge in [0.2, 0.25) is 0 Å². The third-order valence-corrected chi connectivity index (χ3v) is 0.637. The van der Waals surface area contributed by atoms with Crippen LogP contribution in [0, 0.1) is 11.3 Å². The SMILES string of the molecule is CCCNC(=O)C#N. The minimum absolute atomic E-state index is 0.549. The summed E-state index contributed by atoms with van der Waals surface area (Å²) in [5, 5.41) is 10.3. The van der Waals surface area contributed by atoms with Gasteiger partial charge >= 0.3 is 5.91 Å². The van der Waals surface area contributed by atoms with Crippen molar-refractivity contribution in [2.24, 2.45) is 0 Å². The molecule has 44 valence electrons. The minimum atomic E-state index is -0.549. The van der Waals surface area contributed by atoms with Gasteiger partial charge in [-0.05, 0) is 6.42 Å². The monoisotopic (exact) mass is 112 g/mol. The second kappa shape index (κ2) is 4.13. The zero-order chi connectivity index (χ0) is 6.41. The van der Waals surface area contributed by atoms with E-state index in [9.17, 15) is 4.79 Å². The average molecular weight is 112 g/mol. The lowest BCUT2D eigenvalue weighted by molar-refractivity contribution is -0.115. The number of nitriles is 1. The Hall–Kier alpha value is -1.04. The van der Waals surface area contributed by atoms with Gasteiger partial charge in [-0.3, -0.25) is 4.79 Å². The molecule has 0 bridgehead atoms. The largest absolute Gasteiger partial charge is 0.344 e. The van der Waals surface area contributed by atoms with Gasteiger partial charge in [-0.25, -0.2) is 0 Å². The van der Waals surface area contributed by atoms with Crippen molar-refractivity contribution < 1.29 is 4.79 Å². The molecule has 3 heteroatoms. The van der Waals surface area contributed by atoms with Gasteiger partial charge < -0.3 is 5.32 Å². The molecule has 0 saturated carbocycles. The first-order chi connectivity index (χ1) is 3.81. The summed E-state index contributed by atoms with van der Waals surface area (Å²) in [6.45, 7) is 2.52. The lowest BCUT2D eigenvalue weighted by Gasteiger charge is -1.91. The molecule has 0 aliphatic heterocycles. The lowest BCUT2D eigenvalue weighted by atomic mass is 10.5. The number of rotatable bonds is 2. The predicted octanol–water partition coefficient (Wildman–Crippen LogP) is 0.0362. The Kier molecular flexibility index (Phi) is 3.59. The van der Waals surface area contributed by atoms with E-state index in [0.29, 0.717) is 6.54 Å². The predicted molar refractivity (Wildman–Crippen MR) is 28.9 cm³/mol. The molecule has 3 nitrogen and oxygen atoms in total. The molecule has 0 unspecified atom stereocenters. The van der Waals surface area contributed by atoms with Gasteiger partial charge in [0.1, 0.15) is 0 Å². The molecule has 0 radical (unpaired) electrons. The zero-order valence-corrected chi connectivity index (χ0v) is 4.77. The van der Waals surface area contributed by atoms with E-state index in [0.717, 1.165) is 6.42 Å². The molecule has 1 N–H and O–H groups in total. The smallest absolute Gasteiger partial charge is 0.322 e. The molecule has 0 atom stereocenters. The minimum Gasteiger partial charge on any atom is -0.344 e. The molecular weight excluding hydrogens is 104 g/mol. The first kappa shape index (κ1) is 6.96. The van der Waals surface area contributed by atoms with Gasteiger partial charge in [0.15, 0.2) is 6.07 Å². The summed E-state index contributed by atoms with van der Waals surface area (Å²) in [7, 11) is 0. The van der Waals surface area contributed by atoms with Crippen LogP contribution in [0.4, 0.5) is 0 Å². The third-order valence-electron chi connectivity index (χ3n) is 0.637. The summed E-state index contributed by atoms with van der Waals surface area (Å²) < 4.78 is 0. The molecule has 0 aliphatic carbocycles. The van der Waals surface area contributed by atoms with Crippen LogP contribution in [-0.2, 0) is 4.79 Å². The van der Waals surface area contributed by atoms with Crippen molar-refractivity contribution in [1.82, 2.24) is 5.32 Å². The van der Waals surface area contributed by atoms with Crippen LogP contribution in [-0.4, -0.2) is 12.5 Å². The van der Waals surface area contributed by atoms with Crippen LogP contribution < -0.4 is 5.32 Å². The summed E-state index contributed by atoms with van der Waals surface area (Å²) in [6.07, 6.45) is 0.868. The van der Waals surface area contributed by atoms with Crippen LogP contribution in [0.15, 0.2) is 0 Å². The van der Waals surface area contributed by atoms with Crippen molar-refractivity contribution >= 4 is 5.91 Å². The fourth-order valence-electron chi connectivity index (χ4n) is 0.278. The van der Waals surface area contributed by atoms with Crippen molar-refractivity contribution in [2.45, 2.75) is 13.3 Å². The van der Waals surface area contributed by atoms with E-state index >= 15 is 0 Å². The Balaban J connectivity index is 3.16. The Bertz CT molecular complexity index is 114.